The second-order valence-corrected chi connectivity index (χ2v) is 5.14. The summed E-state index contributed by atoms with van der Waals surface area (Å²) in [7, 11) is 2.08. The van der Waals surface area contributed by atoms with Gasteiger partial charge in [0.1, 0.15) is 0 Å². The van der Waals surface area contributed by atoms with Crippen LogP contribution in [0.25, 0.3) is 10.8 Å². The molecule has 0 fully saturated rings. The van der Waals surface area contributed by atoms with Gasteiger partial charge >= 0.3 is 0 Å². The van der Waals surface area contributed by atoms with E-state index in [9.17, 15) is 0 Å². The number of aryl methyl sites for hydroxylation is 1. The van der Waals surface area contributed by atoms with Crippen LogP contribution in [0.3, 0.4) is 0 Å². The molecule has 0 unspecified atom stereocenters. The lowest BCUT2D eigenvalue weighted by atomic mass is 10.1. The molecular formula is C18H18N2. The molecule has 2 aromatic carbocycles. The molecule has 1 heterocycles. The van der Waals surface area contributed by atoms with Crippen molar-refractivity contribution in [3.05, 3.63) is 65.5 Å². The lowest BCUT2D eigenvalue weighted by Gasteiger charge is -2.01. The van der Waals surface area contributed by atoms with Gasteiger partial charge in [-0.2, -0.15) is 0 Å². The van der Waals surface area contributed by atoms with Crippen molar-refractivity contribution in [3.63, 3.8) is 0 Å². The topological polar surface area (TPSA) is 17.3 Å². The summed E-state index contributed by atoms with van der Waals surface area (Å²) < 4.78 is 2.18. The summed E-state index contributed by atoms with van der Waals surface area (Å²) in [5.74, 6) is 0. The van der Waals surface area contributed by atoms with Gasteiger partial charge in [-0.1, -0.05) is 36.4 Å². The number of rotatable bonds is 2. The summed E-state index contributed by atoms with van der Waals surface area (Å²) in [5, 5.41) is 2.42. The minimum absolute atomic E-state index is 1.02. The zero-order chi connectivity index (χ0) is 14.1. The molecule has 2 nitrogen and oxygen atoms in total. The standard InChI is InChI=1S/C18H18N2/c1-13-11-16(14(2)20(13)3)12-19-18-10-6-8-15-7-4-5-9-17(15)18/h4-12H,1-3H3. The van der Waals surface area contributed by atoms with Crippen LogP contribution in [0.4, 0.5) is 5.69 Å². The molecule has 0 N–H and O–H groups in total. The molecule has 0 saturated carbocycles. The Morgan fingerprint density at radius 1 is 1.00 bits per heavy atom. The van der Waals surface area contributed by atoms with E-state index in [4.69, 9.17) is 0 Å². The van der Waals surface area contributed by atoms with Crippen molar-refractivity contribution in [2.45, 2.75) is 13.8 Å². The molecule has 0 saturated heterocycles. The maximum Gasteiger partial charge on any atom is 0.0708 e. The molecule has 2 heteroatoms. The van der Waals surface area contributed by atoms with Crippen LogP contribution >= 0.6 is 0 Å². The van der Waals surface area contributed by atoms with Gasteiger partial charge in [0.25, 0.3) is 0 Å². The van der Waals surface area contributed by atoms with Gasteiger partial charge in [0.15, 0.2) is 0 Å². The molecule has 3 rings (SSSR count). The highest BCUT2D eigenvalue weighted by molar-refractivity contribution is 5.95. The number of aromatic nitrogens is 1. The largest absolute Gasteiger partial charge is 0.352 e. The van der Waals surface area contributed by atoms with Gasteiger partial charge in [-0.3, -0.25) is 4.99 Å². The first-order valence-corrected chi connectivity index (χ1v) is 6.81. The predicted octanol–water partition coefficient (Wildman–Crippen LogP) is 4.55. The third kappa shape index (κ3) is 2.14. The maximum absolute atomic E-state index is 4.68. The number of fused-ring (bicyclic) bond motifs is 1. The molecule has 3 aromatic rings. The van der Waals surface area contributed by atoms with E-state index in [1.54, 1.807) is 0 Å². The minimum Gasteiger partial charge on any atom is -0.352 e. The molecule has 0 amide bonds. The maximum atomic E-state index is 4.68. The van der Waals surface area contributed by atoms with E-state index in [2.05, 4.69) is 79.0 Å². The quantitative estimate of drug-likeness (QED) is 0.603. The fourth-order valence-electron chi connectivity index (χ4n) is 2.48. The smallest absolute Gasteiger partial charge is 0.0708 e. The van der Waals surface area contributed by atoms with Crippen molar-refractivity contribution in [1.29, 1.82) is 0 Å². The van der Waals surface area contributed by atoms with Crippen LogP contribution < -0.4 is 0 Å². The van der Waals surface area contributed by atoms with Gasteiger partial charge in [-0.05, 0) is 31.4 Å². The number of hydrogen-bond acceptors (Lipinski definition) is 1. The van der Waals surface area contributed by atoms with Gasteiger partial charge in [0, 0.05) is 35.6 Å². The molecular weight excluding hydrogens is 244 g/mol. The molecule has 1 aromatic heterocycles. The van der Waals surface area contributed by atoms with Crippen LogP contribution in [-0.2, 0) is 7.05 Å². The summed E-state index contributed by atoms with van der Waals surface area (Å²) in [6.45, 7) is 4.24. The highest BCUT2D eigenvalue weighted by atomic mass is 14.9. The highest BCUT2D eigenvalue weighted by Crippen LogP contribution is 2.25. The highest BCUT2D eigenvalue weighted by Gasteiger charge is 2.04. The molecule has 20 heavy (non-hydrogen) atoms. The van der Waals surface area contributed by atoms with Gasteiger partial charge in [0.05, 0.1) is 5.69 Å². The Kier molecular flexibility index (Phi) is 3.15. The lowest BCUT2D eigenvalue weighted by molar-refractivity contribution is 0.843. The number of hydrogen-bond donors (Lipinski definition) is 0. The van der Waals surface area contributed by atoms with Crippen LogP contribution in [0.2, 0.25) is 0 Å². The van der Waals surface area contributed by atoms with Gasteiger partial charge < -0.3 is 4.57 Å². The Morgan fingerprint density at radius 2 is 1.75 bits per heavy atom. The SMILES string of the molecule is Cc1cc(C=Nc2cccc3ccccc23)c(C)n1C. The third-order valence-corrected chi connectivity index (χ3v) is 3.92. The predicted molar refractivity (Wildman–Crippen MR) is 86.1 cm³/mol. The first-order valence-electron chi connectivity index (χ1n) is 6.81. The van der Waals surface area contributed by atoms with Crippen molar-refractivity contribution < 1.29 is 0 Å². The molecule has 0 atom stereocenters. The van der Waals surface area contributed by atoms with E-state index in [0.29, 0.717) is 0 Å². The zero-order valence-corrected chi connectivity index (χ0v) is 12.1. The van der Waals surface area contributed by atoms with E-state index in [0.717, 1.165) is 5.69 Å². The Morgan fingerprint density at radius 3 is 2.50 bits per heavy atom. The fraction of sp³-hybridized carbons (Fsp3) is 0.167. The Bertz CT molecular complexity index is 789. The van der Waals surface area contributed by atoms with Crippen LogP contribution in [0.15, 0.2) is 53.5 Å². The van der Waals surface area contributed by atoms with Crippen LogP contribution in [-0.4, -0.2) is 10.8 Å². The van der Waals surface area contributed by atoms with Gasteiger partial charge in [-0.15, -0.1) is 0 Å². The summed E-state index contributed by atoms with van der Waals surface area (Å²) in [6, 6.07) is 16.7. The fourth-order valence-corrected chi connectivity index (χ4v) is 2.48. The van der Waals surface area contributed by atoms with E-state index >= 15 is 0 Å². The Hall–Kier alpha value is -2.35. The van der Waals surface area contributed by atoms with Crippen LogP contribution in [0, 0.1) is 13.8 Å². The van der Waals surface area contributed by atoms with Crippen LogP contribution in [0.1, 0.15) is 17.0 Å². The summed E-state index contributed by atoms with van der Waals surface area (Å²) in [5.41, 5.74) is 4.69. The van der Waals surface area contributed by atoms with Gasteiger partial charge in [-0.25, -0.2) is 0 Å². The molecule has 0 radical (unpaired) electrons. The van der Waals surface area contributed by atoms with Crippen molar-refractivity contribution in [1.82, 2.24) is 4.57 Å². The monoisotopic (exact) mass is 262 g/mol. The Labute approximate surface area is 119 Å². The number of benzene rings is 2. The third-order valence-electron chi connectivity index (χ3n) is 3.92. The lowest BCUT2D eigenvalue weighted by Crippen LogP contribution is -1.93. The first kappa shape index (κ1) is 12.7. The second kappa shape index (κ2) is 4.97. The average molecular weight is 262 g/mol. The summed E-state index contributed by atoms with van der Waals surface area (Å²) >= 11 is 0. The first-order chi connectivity index (χ1) is 9.66. The normalized spacial score (nSPS) is 11.6. The van der Waals surface area contributed by atoms with Crippen LogP contribution in [0.5, 0.6) is 0 Å². The molecule has 0 aliphatic rings. The molecule has 0 spiro atoms. The van der Waals surface area contributed by atoms with Crippen molar-refractivity contribution in [3.8, 4) is 0 Å². The van der Waals surface area contributed by atoms with Crippen molar-refractivity contribution >= 4 is 22.7 Å². The zero-order valence-electron chi connectivity index (χ0n) is 12.1. The van der Waals surface area contributed by atoms with Gasteiger partial charge in [0.2, 0.25) is 0 Å². The average Bonchev–Trinajstić information content (AvgIpc) is 2.72. The summed E-state index contributed by atoms with van der Waals surface area (Å²) in [6.07, 6.45) is 1.96. The van der Waals surface area contributed by atoms with E-state index in [1.165, 1.54) is 27.7 Å². The number of aliphatic imine (C=N–C) groups is 1. The molecule has 0 bridgehead atoms. The van der Waals surface area contributed by atoms with Crippen molar-refractivity contribution in [2.75, 3.05) is 0 Å². The molecule has 0 aliphatic carbocycles. The molecule has 100 valence electrons. The van der Waals surface area contributed by atoms with E-state index in [-0.39, 0.29) is 0 Å². The van der Waals surface area contributed by atoms with E-state index < -0.39 is 0 Å². The second-order valence-electron chi connectivity index (χ2n) is 5.14. The van der Waals surface area contributed by atoms with Crippen molar-refractivity contribution in [2.24, 2.45) is 12.0 Å². The minimum atomic E-state index is 1.02. The number of nitrogens with zero attached hydrogens (tertiary/aromatic N) is 2. The van der Waals surface area contributed by atoms with E-state index in [1.807, 2.05) is 6.21 Å². The Balaban J connectivity index is 2.05. The molecule has 0 aliphatic heterocycles. The summed E-state index contributed by atoms with van der Waals surface area (Å²) in [4.78, 5) is 4.68.